The molecule has 3 aromatic carbocycles. The molecule has 0 saturated heterocycles. The summed E-state index contributed by atoms with van der Waals surface area (Å²) in [7, 11) is 1.69. The molecular formula is C30H30FNO2S. The summed E-state index contributed by atoms with van der Waals surface area (Å²) in [4.78, 5) is 5.59. The molecule has 0 fully saturated rings. The third kappa shape index (κ3) is 5.40. The molecule has 2 aliphatic rings. The lowest BCUT2D eigenvalue weighted by Gasteiger charge is -2.20. The Balaban J connectivity index is 1.64. The minimum Gasteiger partial charge on any atom is -0.497 e. The summed E-state index contributed by atoms with van der Waals surface area (Å²) in [6.07, 6.45) is 7.47. The Morgan fingerprint density at radius 2 is 1.83 bits per heavy atom. The molecule has 0 radical (unpaired) electrons. The molecule has 1 atom stereocenters. The van der Waals surface area contributed by atoms with Gasteiger partial charge < -0.3 is 9.47 Å². The Kier molecular flexibility index (Phi) is 7.43. The summed E-state index contributed by atoms with van der Waals surface area (Å²) in [6, 6.07) is 21.7. The first-order valence-corrected chi connectivity index (χ1v) is 13.1. The van der Waals surface area contributed by atoms with Crippen LogP contribution in [0.1, 0.15) is 49.1 Å². The molecule has 0 saturated carbocycles. The van der Waals surface area contributed by atoms with Crippen LogP contribution in [0.25, 0.3) is 20.5 Å². The third-order valence-corrected chi connectivity index (χ3v) is 7.85. The fourth-order valence-electron chi connectivity index (χ4n) is 4.87. The van der Waals surface area contributed by atoms with Crippen molar-refractivity contribution < 1.29 is 13.9 Å². The molecule has 4 aromatic rings. The van der Waals surface area contributed by atoms with Gasteiger partial charge >= 0.3 is 0 Å². The topological polar surface area (TPSA) is 30.8 Å². The Hall–Kier alpha value is -3.18. The molecule has 0 spiro atoms. The SMILES string of the molecule is COc1ccc2c(C3CCCCCCN=CCOc4ccc3cc4)c(-c3cccc(F)c3)sc2c1. The molecule has 0 N–H and O–H groups in total. The second-order valence-electron chi connectivity index (χ2n) is 8.94. The van der Waals surface area contributed by atoms with Crippen molar-refractivity contribution in [2.45, 2.75) is 38.0 Å². The average Bonchev–Trinajstić information content (AvgIpc) is 3.25. The van der Waals surface area contributed by atoms with Crippen molar-refractivity contribution in [2.75, 3.05) is 20.3 Å². The molecule has 0 aliphatic carbocycles. The third-order valence-electron chi connectivity index (χ3n) is 6.64. The van der Waals surface area contributed by atoms with Gasteiger partial charge in [-0.2, -0.15) is 0 Å². The van der Waals surface area contributed by atoms with Crippen LogP contribution in [-0.2, 0) is 0 Å². The van der Waals surface area contributed by atoms with E-state index in [0.717, 1.165) is 52.4 Å². The number of aliphatic imine (C=N–C) groups is 1. The van der Waals surface area contributed by atoms with Crippen LogP contribution in [0.2, 0.25) is 0 Å². The van der Waals surface area contributed by atoms with Gasteiger partial charge in [0.05, 0.1) is 7.11 Å². The molecule has 6 rings (SSSR count). The molecule has 35 heavy (non-hydrogen) atoms. The van der Waals surface area contributed by atoms with Gasteiger partial charge in [-0.3, -0.25) is 4.99 Å². The van der Waals surface area contributed by atoms with Gasteiger partial charge in [0.1, 0.15) is 23.9 Å². The van der Waals surface area contributed by atoms with Crippen LogP contribution in [0, 0.1) is 5.82 Å². The predicted molar refractivity (Wildman–Crippen MR) is 144 cm³/mol. The van der Waals surface area contributed by atoms with Crippen molar-refractivity contribution in [3.05, 3.63) is 83.7 Å². The zero-order valence-electron chi connectivity index (χ0n) is 20.0. The molecule has 1 aromatic heterocycles. The van der Waals surface area contributed by atoms with Gasteiger partial charge in [0, 0.05) is 28.3 Å². The lowest BCUT2D eigenvalue weighted by Crippen LogP contribution is -2.03. The standard InChI is InChI=1S/C30H30FNO2S/c1-33-25-14-15-27-28(20-25)35-30(22-7-6-8-23(31)19-22)29(27)26-9-4-2-3-5-16-32-17-18-34-24-12-10-21(26)11-13-24/h6-8,10-15,17,19-20,26H,2-5,9,16,18H2,1H3. The molecule has 2 bridgehead atoms. The van der Waals surface area contributed by atoms with Crippen molar-refractivity contribution >= 4 is 27.6 Å². The summed E-state index contributed by atoms with van der Waals surface area (Å²) in [6.45, 7) is 1.34. The summed E-state index contributed by atoms with van der Waals surface area (Å²) in [5.41, 5.74) is 3.46. The summed E-state index contributed by atoms with van der Waals surface area (Å²) in [5.74, 6) is 1.67. The van der Waals surface area contributed by atoms with E-state index < -0.39 is 0 Å². The highest BCUT2D eigenvalue weighted by atomic mass is 32.1. The molecular weight excluding hydrogens is 457 g/mol. The number of thiophene rings is 1. The first-order chi connectivity index (χ1) is 17.2. The van der Waals surface area contributed by atoms with E-state index in [1.165, 1.54) is 35.4 Å². The fourth-order valence-corrected chi connectivity index (χ4v) is 6.16. The Labute approximate surface area is 210 Å². The maximum Gasteiger partial charge on any atom is 0.123 e. The van der Waals surface area contributed by atoms with Crippen LogP contribution >= 0.6 is 11.3 Å². The highest BCUT2D eigenvalue weighted by Gasteiger charge is 2.24. The number of halogens is 1. The molecule has 1 unspecified atom stereocenters. The van der Waals surface area contributed by atoms with Gasteiger partial charge in [0.25, 0.3) is 0 Å². The predicted octanol–water partition coefficient (Wildman–Crippen LogP) is 8.26. The van der Waals surface area contributed by atoms with Gasteiger partial charge in [0.15, 0.2) is 0 Å². The highest BCUT2D eigenvalue weighted by Crippen LogP contribution is 2.47. The normalized spacial score (nSPS) is 17.0. The number of ether oxygens (including phenoxy) is 2. The molecule has 3 heterocycles. The van der Waals surface area contributed by atoms with Gasteiger partial charge in [-0.15, -0.1) is 11.3 Å². The fraction of sp³-hybridized carbons (Fsp3) is 0.300. The first kappa shape index (κ1) is 23.6. The number of nitrogens with zero attached hydrogens (tertiary/aromatic N) is 1. The first-order valence-electron chi connectivity index (χ1n) is 12.3. The van der Waals surface area contributed by atoms with E-state index in [2.05, 4.69) is 41.4 Å². The monoisotopic (exact) mass is 487 g/mol. The molecule has 0 amide bonds. The van der Waals surface area contributed by atoms with E-state index in [1.807, 2.05) is 18.3 Å². The van der Waals surface area contributed by atoms with E-state index in [4.69, 9.17) is 9.47 Å². The van der Waals surface area contributed by atoms with Gasteiger partial charge in [-0.05, 0) is 77.4 Å². The lowest BCUT2D eigenvalue weighted by molar-refractivity contribution is 0.380. The summed E-state index contributed by atoms with van der Waals surface area (Å²) >= 11 is 1.72. The van der Waals surface area contributed by atoms with E-state index in [1.54, 1.807) is 30.6 Å². The van der Waals surface area contributed by atoms with E-state index >= 15 is 0 Å². The summed E-state index contributed by atoms with van der Waals surface area (Å²) in [5, 5.41) is 1.21. The molecule has 180 valence electrons. The van der Waals surface area contributed by atoms with Crippen LogP contribution in [0.3, 0.4) is 0 Å². The quantitative estimate of drug-likeness (QED) is 0.291. The maximum absolute atomic E-state index is 14.3. The van der Waals surface area contributed by atoms with Crippen LogP contribution in [0.5, 0.6) is 11.5 Å². The van der Waals surface area contributed by atoms with Crippen LogP contribution < -0.4 is 9.47 Å². The molecule has 3 nitrogen and oxygen atoms in total. The van der Waals surface area contributed by atoms with Crippen molar-refractivity contribution in [3.63, 3.8) is 0 Å². The van der Waals surface area contributed by atoms with Crippen molar-refractivity contribution in [3.8, 4) is 21.9 Å². The number of benzene rings is 3. The zero-order valence-corrected chi connectivity index (χ0v) is 20.8. The number of rotatable bonds is 3. The Bertz CT molecular complexity index is 1310. The minimum absolute atomic E-state index is 0.200. The summed E-state index contributed by atoms with van der Waals surface area (Å²) < 4.78 is 26.8. The molecule has 2 aliphatic heterocycles. The van der Waals surface area contributed by atoms with Crippen molar-refractivity contribution in [2.24, 2.45) is 4.99 Å². The number of hydrogen-bond donors (Lipinski definition) is 0. The lowest BCUT2D eigenvalue weighted by atomic mass is 9.84. The second kappa shape index (κ2) is 11.0. The van der Waals surface area contributed by atoms with Crippen LogP contribution in [-0.4, -0.2) is 26.5 Å². The van der Waals surface area contributed by atoms with E-state index in [0.29, 0.717) is 6.61 Å². The van der Waals surface area contributed by atoms with Crippen molar-refractivity contribution in [1.82, 2.24) is 0 Å². The Morgan fingerprint density at radius 3 is 2.66 bits per heavy atom. The van der Waals surface area contributed by atoms with Crippen LogP contribution in [0.4, 0.5) is 4.39 Å². The number of methoxy groups -OCH3 is 1. The number of fused-ring (bicyclic) bond motifs is 12. The second-order valence-corrected chi connectivity index (χ2v) is 9.99. The van der Waals surface area contributed by atoms with Crippen molar-refractivity contribution in [1.29, 1.82) is 0 Å². The smallest absolute Gasteiger partial charge is 0.123 e. The van der Waals surface area contributed by atoms with Gasteiger partial charge in [-0.25, -0.2) is 4.39 Å². The molecule has 5 heteroatoms. The van der Waals surface area contributed by atoms with Gasteiger partial charge in [0.2, 0.25) is 0 Å². The van der Waals surface area contributed by atoms with Gasteiger partial charge in [-0.1, -0.05) is 43.5 Å². The average molecular weight is 488 g/mol. The Morgan fingerprint density at radius 1 is 0.971 bits per heavy atom. The maximum atomic E-state index is 14.3. The van der Waals surface area contributed by atoms with E-state index in [-0.39, 0.29) is 11.7 Å². The zero-order chi connectivity index (χ0) is 24.0. The minimum atomic E-state index is -0.214. The van der Waals surface area contributed by atoms with E-state index in [9.17, 15) is 4.39 Å². The highest BCUT2D eigenvalue weighted by molar-refractivity contribution is 7.22. The largest absolute Gasteiger partial charge is 0.497 e. The van der Waals surface area contributed by atoms with Crippen LogP contribution in [0.15, 0.2) is 71.7 Å². The number of hydrogen-bond acceptors (Lipinski definition) is 4.